The van der Waals surface area contributed by atoms with Crippen LogP contribution in [-0.4, -0.2) is 0 Å². The molecule has 0 aliphatic heterocycles. The molecular weight excluding hydrogens is 725 g/mol. The van der Waals surface area contributed by atoms with Gasteiger partial charge in [-0.25, -0.2) is 0 Å². The SMILES string of the molecule is CC1(C)c2ccc(-c3ccc4oc5ccc(-c6c7ccccc7c(-c7ccc8ccc9ccccc9c8c7)c7ccccc67)cc5c4c3)cc2-c2c1ccc1ccccc21. The van der Waals surface area contributed by atoms with Gasteiger partial charge in [0.25, 0.3) is 0 Å². The normalized spacial score (nSPS) is 13.3. The molecule has 0 saturated heterocycles. The van der Waals surface area contributed by atoms with Crippen molar-refractivity contribution in [3.05, 3.63) is 205 Å². The molecule has 0 fully saturated rings. The Hall–Kier alpha value is -7.48. The van der Waals surface area contributed by atoms with Crippen LogP contribution in [0.5, 0.6) is 0 Å². The first kappa shape index (κ1) is 33.5. The van der Waals surface area contributed by atoms with E-state index in [1.807, 2.05) is 0 Å². The van der Waals surface area contributed by atoms with Crippen LogP contribution in [0, 0.1) is 0 Å². The molecule has 13 rings (SSSR count). The fourth-order valence-corrected chi connectivity index (χ4v) is 10.7. The van der Waals surface area contributed by atoms with Gasteiger partial charge in [0.1, 0.15) is 11.2 Å². The van der Waals surface area contributed by atoms with E-state index in [4.69, 9.17) is 4.42 Å². The monoisotopic (exact) mass is 762 g/mol. The Bertz CT molecular complexity index is 3750. The summed E-state index contributed by atoms with van der Waals surface area (Å²) in [6, 6.07) is 72.0. The third-order valence-electron chi connectivity index (χ3n) is 13.6. The molecule has 0 bridgehead atoms. The highest BCUT2D eigenvalue weighted by Crippen LogP contribution is 2.52. The lowest BCUT2D eigenvalue weighted by Crippen LogP contribution is -2.14. The zero-order chi connectivity index (χ0) is 39.7. The Morgan fingerprint density at radius 2 is 0.717 bits per heavy atom. The molecular formula is C59H38O. The maximum absolute atomic E-state index is 6.55. The maximum atomic E-state index is 6.55. The molecule has 1 heteroatoms. The fourth-order valence-electron chi connectivity index (χ4n) is 10.7. The Morgan fingerprint density at radius 3 is 1.37 bits per heavy atom. The summed E-state index contributed by atoms with van der Waals surface area (Å²) in [5.74, 6) is 0. The van der Waals surface area contributed by atoms with Gasteiger partial charge < -0.3 is 4.42 Å². The predicted molar refractivity (Wildman–Crippen MR) is 255 cm³/mol. The molecule has 60 heavy (non-hydrogen) atoms. The minimum absolute atomic E-state index is 0.0642. The highest BCUT2D eigenvalue weighted by molar-refractivity contribution is 6.23. The van der Waals surface area contributed by atoms with E-state index in [1.165, 1.54) is 109 Å². The van der Waals surface area contributed by atoms with E-state index in [9.17, 15) is 0 Å². The third-order valence-corrected chi connectivity index (χ3v) is 13.6. The van der Waals surface area contributed by atoms with Crippen molar-refractivity contribution in [2.45, 2.75) is 19.3 Å². The average molecular weight is 763 g/mol. The van der Waals surface area contributed by atoms with Gasteiger partial charge in [-0.3, -0.25) is 0 Å². The van der Waals surface area contributed by atoms with Gasteiger partial charge in [0, 0.05) is 16.2 Å². The molecule has 1 aliphatic rings. The number of rotatable bonds is 3. The Balaban J connectivity index is 0.990. The first-order chi connectivity index (χ1) is 29.5. The van der Waals surface area contributed by atoms with Gasteiger partial charge in [-0.15, -0.1) is 0 Å². The van der Waals surface area contributed by atoms with E-state index >= 15 is 0 Å². The van der Waals surface area contributed by atoms with Crippen LogP contribution in [0.15, 0.2) is 199 Å². The van der Waals surface area contributed by atoms with E-state index in [-0.39, 0.29) is 5.41 Å². The molecule has 11 aromatic carbocycles. The van der Waals surface area contributed by atoms with Crippen LogP contribution in [0.4, 0.5) is 0 Å². The molecule has 0 saturated carbocycles. The number of furan rings is 1. The first-order valence-electron chi connectivity index (χ1n) is 21.0. The number of fused-ring (bicyclic) bond motifs is 13. The van der Waals surface area contributed by atoms with Crippen molar-refractivity contribution >= 4 is 75.8 Å². The Morgan fingerprint density at radius 1 is 0.300 bits per heavy atom. The highest BCUT2D eigenvalue weighted by atomic mass is 16.3. The largest absolute Gasteiger partial charge is 0.456 e. The van der Waals surface area contributed by atoms with Crippen LogP contribution in [0.25, 0.3) is 120 Å². The smallest absolute Gasteiger partial charge is 0.135 e. The Kier molecular flexibility index (Phi) is 6.85. The van der Waals surface area contributed by atoms with Gasteiger partial charge in [-0.05, 0) is 146 Å². The van der Waals surface area contributed by atoms with E-state index in [0.29, 0.717) is 0 Å². The van der Waals surface area contributed by atoms with Crippen LogP contribution in [-0.2, 0) is 5.41 Å². The van der Waals surface area contributed by atoms with Crippen molar-refractivity contribution in [2.75, 3.05) is 0 Å². The standard InChI is InChI=1S/C59H38O/c1-59(2)52-27-24-38(32-51(52)58-43-14-6-4-12-36(43)23-28-53(58)59)39-25-29-54-49(31-39)50-34-41(26-30-55(50)60-54)57-46-17-9-7-15-44(46)56(45-16-8-10-18-47(45)57)40-22-21-37-20-19-35-11-3-5-13-42(35)48(37)33-40/h3-34H,1-2H3. The van der Waals surface area contributed by atoms with Crippen molar-refractivity contribution in [3.8, 4) is 44.5 Å². The van der Waals surface area contributed by atoms with Crippen LogP contribution in [0.2, 0.25) is 0 Å². The van der Waals surface area contributed by atoms with Gasteiger partial charge in [0.2, 0.25) is 0 Å². The summed E-state index contributed by atoms with van der Waals surface area (Å²) in [6.45, 7) is 4.72. The summed E-state index contributed by atoms with van der Waals surface area (Å²) in [7, 11) is 0. The van der Waals surface area contributed by atoms with E-state index in [2.05, 4.69) is 208 Å². The molecule has 0 amide bonds. The molecule has 0 spiro atoms. The molecule has 1 aromatic heterocycles. The van der Waals surface area contributed by atoms with Crippen molar-refractivity contribution in [3.63, 3.8) is 0 Å². The molecule has 0 atom stereocenters. The van der Waals surface area contributed by atoms with Crippen LogP contribution in [0.1, 0.15) is 25.0 Å². The van der Waals surface area contributed by atoms with Gasteiger partial charge in [-0.2, -0.15) is 0 Å². The molecule has 0 radical (unpaired) electrons. The van der Waals surface area contributed by atoms with E-state index in [1.54, 1.807) is 0 Å². The maximum Gasteiger partial charge on any atom is 0.135 e. The lowest BCUT2D eigenvalue weighted by atomic mass is 9.82. The average Bonchev–Trinajstić information content (AvgIpc) is 3.78. The van der Waals surface area contributed by atoms with E-state index < -0.39 is 0 Å². The summed E-state index contributed by atoms with van der Waals surface area (Å²) in [5, 5.41) is 14.9. The zero-order valence-corrected chi connectivity index (χ0v) is 33.4. The molecule has 0 N–H and O–H groups in total. The van der Waals surface area contributed by atoms with Gasteiger partial charge in [0.15, 0.2) is 0 Å². The Labute approximate surface area is 347 Å². The summed E-state index contributed by atoms with van der Waals surface area (Å²) < 4.78 is 6.55. The molecule has 1 aliphatic carbocycles. The van der Waals surface area contributed by atoms with Gasteiger partial charge >= 0.3 is 0 Å². The molecule has 12 aromatic rings. The second kappa shape index (κ2) is 12.3. The lowest BCUT2D eigenvalue weighted by molar-refractivity contribution is 0.661. The minimum Gasteiger partial charge on any atom is -0.456 e. The molecule has 0 unspecified atom stereocenters. The van der Waals surface area contributed by atoms with Crippen molar-refractivity contribution in [2.24, 2.45) is 0 Å². The van der Waals surface area contributed by atoms with Crippen LogP contribution < -0.4 is 0 Å². The third kappa shape index (κ3) is 4.69. The molecule has 1 heterocycles. The summed E-state index contributed by atoms with van der Waals surface area (Å²) in [6.07, 6.45) is 0. The highest BCUT2D eigenvalue weighted by Gasteiger charge is 2.36. The van der Waals surface area contributed by atoms with Gasteiger partial charge in [0.05, 0.1) is 0 Å². The summed E-state index contributed by atoms with van der Waals surface area (Å²) in [4.78, 5) is 0. The molecule has 1 nitrogen and oxygen atoms in total. The zero-order valence-electron chi connectivity index (χ0n) is 33.4. The summed E-state index contributed by atoms with van der Waals surface area (Å²) in [5.41, 5.74) is 14.6. The number of benzene rings is 11. The minimum atomic E-state index is -0.0642. The van der Waals surface area contributed by atoms with E-state index in [0.717, 1.165) is 21.9 Å². The first-order valence-corrected chi connectivity index (χ1v) is 21.0. The number of hydrogen-bond acceptors (Lipinski definition) is 1. The summed E-state index contributed by atoms with van der Waals surface area (Å²) >= 11 is 0. The van der Waals surface area contributed by atoms with Crippen LogP contribution in [0.3, 0.4) is 0 Å². The lowest BCUT2D eigenvalue weighted by Gasteiger charge is -2.21. The topological polar surface area (TPSA) is 13.1 Å². The fraction of sp³-hybridized carbons (Fsp3) is 0.0508. The van der Waals surface area contributed by atoms with Gasteiger partial charge in [-0.1, -0.05) is 172 Å². The van der Waals surface area contributed by atoms with Crippen molar-refractivity contribution in [1.82, 2.24) is 0 Å². The van der Waals surface area contributed by atoms with Crippen LogP contribution >= 0.6 is 0 Å². The second-order valence-corrected chi connectivity index (χ2v) is 17.2. The van der Waals surface area contributed by atoms with Crippen molar-refractivity contribution < 1.29 is 4.42 Å². The second-order valence-electron chi connectivity index (χ2n) is 17.2. The quantitative estimate of drug-likeness (QED) is 0.129. The number of hydrogen-bond donors (Lipinski definition) is 0. The molecule has 280 valence electrons. The predicted octanol–water partition coefficient (Wildman–Crippen LogP) is 16.7. The van der Waals surface area contributed by atoms with Crippen molar-refractivity contribution in [1.29, 1.82) is 0 Å².